The number of anilines is 1. The number of carbonyl (C=O) groups excluding carboxylic acids is 2. The summed E-state index contributed by atoms with van der Waals surface area (Å²) >= 11 is 8.84. The fourth-order valence-electron chi connectivity index (χ4n) is 3.32. The molecule has 1 saturated heterocycles. The van der Waals surface area contributed by atoms with E-state index in [9.17, 15) is 9.59 Å². The van der Waals surface area contributed by atoms with Crippen molar-refractivity contribution in [3.63, 3.8) is 0 Å². The maximum Gasteiger partial charge on any atom is 0.410 e. The molecule has 0 saturated carbocycles. The summed E-state index contributed by atoms with van der Waals surface area (Å²) in [6.07, 6.45) is 1.91. The standard InChI is InChI=1S/C20H20ClN5O3S2/c1-2-7-29-20(28)25-6-5-13(10-25)15-8-18(22-9-14-3-4-17(21)31-14)26(24-15)19(27)16-11-30-12-23-16/h2-4,8,11-13,22H,1,5-7,9-10H2. The molecular weight excluding hydrogens is 458 g/mol. The highest BCUT2D eigenvalue weighted by Crippen LogP contribution is 2.30. The Balaban J connectivity index is 1.53. The molecule has 0 spiro atoms. The zero-order valence-electron chi connectivity index (χ0n) is 16.5. The Kier molecular flexibility index (Phi) is 6.69. The van der Waals surface area contributed by atoms with Gasteiger partial charge in [-0.3, -0.25) is 4.79 Å². The van der Waals surface area contributed by atoms with Gasteiger partial charge in [-0.1, -0.05) is 24.3 Å². The predicted octanol–water partition coefficient (Wildman–Crippen LogP) is 4.47. The molecule has 1 aliphatic heterocycles. The molecule has 162 valence electrons. The lowest BCUT2D eigenvalue weighted by Gasteiger charge is -2.15. The Labute approximate surface area is 192 Å². The molecule has 31 heavy (non-hydrogen) atoms. The molecule has 3 aromatic heterocycles. The Hall–Kier alpha value is -2.69. The Morgan fingerprint density at radius 2 is 2.29 bits per heavy atom. The Morgan fingerprint density at radius 1 is 1.42 bits per heavy atom. The van der Waals surface area contributed by atoms with Crippen molar-refractivity contribution in [1.29, 1.82) is 0 Å². The smallest absolute Gasteiger partial charge is 0.410 e. The minimum atomic E-state index is -0.367. The molecule has 1 unspecified atom stereocenters. The van der Waals surface area contributed by atoms with Crippen molar-refractivity contribution in [2.75, 3.05) is 25.0 Å². The van der Waals surface area contributed by atoms with Crippen LogP contribution in [0.4, 0.5) is 10.6 Å². The molecule has 1 amide bonds. The van der Waals surface area contributed by atoms with E-state index in [1.54, 1.807) is 15.8 Å². The van der Waals surface area contributed by atoms with E-state index in [1.807, 2.05) is 18.2 Å². The molecule has 1 N–H and O–H groups in total. The van der Waals surface area contributed by atoms with Gasteiger partial charge in [-0.25, -0.2) is 9.78 Å². The zero-order chi connectivity index (χ0) is 21.8. The minimum Gasteiger partial charge on any atom is -0.445 e. The van der Waals surface area contributed by atoms with Crippen LogP contribution in [0.3, 0.4) is 0 Å². The van der Waals surface area contributed by atoms with Crippen LogP contribution in [-0.2, 0) is 11.3 Å². The number of hydrogen-bond donors (Lipinski definition) is 1. The molecule has 11 heteroatoms. The van der Waals surface area contributed by atoms with Gasteiger partial charge in [0.2, 0.25) is 0 Å². The third kappa shape index (κ3) is 4.97. The van der Waals surface area contributed by atoms with Crippen LogP contribution >= 0.6 is 34.3 Å². The molecular formula is C20H20ClN5O3S2. The number of rotatable bonds is 7. The lowest BCUT2D eigenvalue weighted by molar-refractivity contribution is 0.0942. The number of thiophene rings is 1. The number of halogens is 1. The first kappa shape index (κ1) is 21.5. The Bertz CT molecular complexity index is 1080. The van der Waals surface area contributed by atoms with Gasteiger partial charge >= 0.3 is 6.09 Å². The van der Waals surface area contributed by atoms with E-state index < -0.39 is 0 Å². The molecule has 1 aliphatic rings. The van der Waals surface area contributed by atoms with E-state index in [2.05, 4.69) is 22.0 Å². The summed E-state index contributed by atoms with van der Waals surface area (Å²) in [5.74, 6) is 0.280. The minimum absolute atomic E-state index is 0.0116. The van der Waals surface area contributed by atoms with Gasteiger partial charge in [0.1, 0.15) is 18.1 Å². The molecule has 0 radical (unpaired) electrons. The quantitative estimate of drug-likeness (QED) is 0.505. The summed E-state index contributed by atoms with van der Waals surface area (Å²) in [4.78, 5) is 31.9. The van der Waals surface area contributed by atoms with Crippen molar-refractivity contribution in [2.45, 2.75) is 18.9 Å². The zero-order valence-corrected chi connectivity index (χ0v) is 18.9. The highest BCUT2D eigenvalue weighted by Gasteiger charge is 2.31. The van der Waals surface area contributed by atoms with Crippen molar-refractivity contribution in [2.24, 2.45) is 0 Å². The van der Waals surface area contributed by atoms with Crippen molar-refractivity contribution < 1.29 is 14.3 Å². The van der Waals surface area contributed by atoms with E-state index in [1.165, 1.54) is 33.4 Å². The van der Waals surface area contributed by atoms with E-state index in [0.29, 0.717) is 35.5 Å². The topological polar surface area (TPSA) is 89.4 Å². The predicted molar refractivity (Wildman–Crippen MR) is 121 cm³/mol. The lowest BCUT2D eigenvalue weighted by Crippen LogP contribution is -2.29. The number of thiazole rings is 1. The van der Waals surface area contributed by atoms with Crippen molar-refractivity contribution in [1.82, 2.24) is 19.7 Å². The summed E-state index contributed by atoms with van der Waals surface area (Å²) in [7, 11) is 0. The van der Waals surface area contributed by atoms with Gasteiger partial charge in [0, 0.05) is 35.3 Å². The van der Waals surface area contributed by atoms with Gasteiger partial charge in [0.15, 0.2) is 0 Å². The average molecular weight is 478 g/mol. The molecule has 0 aromatic carbocycles. The molecule has 0 bridgehead atoms. The number of amides is 1. The van der Waals surface area contributed by atoms with Gasteiger partial charge in [-0.05, 0) is 18.6 Å². The molecule has 1 atom stereocenters. The van der Waals surface area contributed by atoms with Crippen LogP contribution in [0.1, 0.15) is 33.4 Å². The number of likely N-dealkylation sites (tertiary alicyclic amines) is 1. The number of carbonyl (C=O) groups is 2. The lowest BCUT2D eigenvalue weighted by atomic mass is 10.1. The van der Waals surface area contributed by atoms with Gasteiger partial charge < -0.3 is 15.0 Å². The Morgan fingerprint density at radius 3 is 3.00 bits per heavy atom. The first-order valence-electron chi connectivity index (χ1n) is 9.58. The first-order chi connectivity index (χ1) is 15.0. The van der Waals surface area contributed by atoms with Crippen LogP contribution in [-0.4, -0.2) is 51.4 Å². The van der Waals surface area contributed by atoms with Crippen LogP contribution in [0.2, 0.25) is 4.34 Å². The van der Waals surface area contributed by atoms with E-state index in [-0.39, 0.29) is 24.5 Å². The number of aromatic nitrogens is 3. The van der Waals surface area contributed by atoms with Crippen LogP contribution in [0.15, 0.2) is 41.7 Å². The summed E-state index contributed by atoms with van der Waals surface area (Å²) < 4.78 is 7.18. The van der Waals surface area contributed by atoms with Gasteiger partial charge in [-0.2, -0.15) is 9.78 Å². The highest BCUT2D eigenvalue weighted by molar-refractivity contribution is 7.16. The van der Waals surface area contributed by atoms with Crippen LogP contribution < -0.4 is 5.32 Å². The summed E-state index contributed by atoms with van der Waals surface area (Å²) in [6, 6.07) is 5.64. The number of ether oxygens (including phenoxy) is 1. The monoisotopic (exact) mass is 477 g/mol. The second-order valence-corrected chi connectivity index (χ2v) is 9.42. The molecule has 1 fully saturated rings. The SMILES string of the molecule is C=CCOC(=O)N1CCC(c2cc(NCc3ccc(Cl)s3)n(C(=O)c3cscn3)n2)C1. The third-order valence-electron chi connectivity index (χ3n) is 4.83. The molecule has 4 rings (SSSR count). The van der Waals surface area contributed by atoms with E-state index >= 15 is 0 Å². The van der Waals surface area contributed by atoms with Crippen molar-refractivity contribution in [3.05, 3.63) is 62.3 Å². The van der Waals surface area contributed by atoms with E-state index in [4.69, 9.17) is 16.3 Å². The normalized spacial score (nSPS) is 15.8. The van der Waals surface area contributed by atoms with Gasteiger partial charge in [-0.15, -0.1) is 22.7 Å². The summed E-state index contributed by atoms with van der Waals surface area (Å²) in [5.41, 5.74) is 2.69. The van der Waals surface area contributed by atoms with Gasteiger partial charge in [0.05, 0.1) is 22.1 Å². The van der Waals surface area contributed by atoms with Crippen LogP contribution in [0.5, 0.6) is 0 Å². The fourth-order valence-corrected chi connectivity index (χ4v) is 4.87. The van der Waals surface area contributed by atoms with Crippen molar-refractivity contribution >= 4 is 52.1 Å². The number of nitrogens with zero attached hydrogens (tertiary/aromatic N) is 4. The molecule has 3 aromatic rings. The average Bonchev–Trinajstić information content (AvgIpc) is 3.56. The molecule has 0 aliphatic carbocycles. The maximum absolute atomic E-state index is 13.0. The summed E-state index contributed by atoms with van der Waals surface area (Å²) in [6.45, 7) is 5.30. The summed E-state index contributed by atoms with van der Waals surface area (Å²) in [5, 5.41) is 9.55. The third-order valence-corrected chi connectivity index (χ3v) is 6.65. The largest absolute Gasteiger partial charge is 0.445 e. The maximum atomic E-state index is 13.0. The number of nitrogens with one attached hydrogen (secondary N) is 1. The fraction of sp³-hybridized carbons (Fsp3) is 0.300. The van der Waals surface area contributed by atoms with Crippen LogP contribution in [0.25, 0.3) is 0 Å². The highest BCUT2D eigenvalue weighted by atomic mass is 35.5. The molecule has 8 nitrogen and oxygen atoms in total. The first-order valence-corrected chi connectivity index (χ1v) is 11.7. The van der Waals surface area contributed by atoms with E-state index in [0.717, 1.165) is 17.0 Å². The van der Waals surface area contributed by atoms with Crippen LogP contribution in [0, 0.1) is 0 Å². The van der Waals surface area contributed by atoms with Crippen molar-refractivity contribution in [3.8, 4) is 0 Å². The second kappa shape index (κ2) is 9.63. The molecule has 4 heterocycles. The second-order valence-electron chi connectivity index (χ2n) is 6.90. The van der Waals surface area contributed by atoms with Gasteiger partial charge in [0.25, 0.3) is 5.91 Å². The number of hydrogen-bond acceptors (Lipinski definition) is 8.